The quantitative estimate of drug-likeness (QED) is 0.868. The normalized spacial score (nSPS) is 20.3. The number of amides is 1. The van der Waals surface area contributed by atoms with E-state index in [-0.39, 0.29) is 16.8 Å². The first kappa shape index (κ1) is 16.7. The minimum atomic E-state index is -0.441. The predicted octanol–water partition coefficient (Wildman–Crippen LogP) is 2.44. The lowest BCUT2D eigenvalue weighted by molar-refractivity contribution is 0.102. The lowest BCUT2D eigenvalue weighted by Crippen LogP contribution is -2.29. The van der Waals surface area contributed by atoms with Gasteiger partial charge >= 0.3 is 0 Å². The number of anilines is 1. The zero-order valence-corrected chi connectivity index (χ0v) is 14.4. The Kier molecular flexibility index (Phi) is 4.68. The van der Waals surface area contributed by atoms with Crippen molar-refractivity contribution in [2.24, 2.45) is 10.7 Å². The standard InChI is InChI=1S/C15H15ClN6OS/c1-15(2-3-24-14(17)22-15)9-4-10(6-18-5-9)21-13(23)11-7-20-12(16)8-19-11/h4-8H,2-3H2,1H3,(H2,17,22)(H,21,23)/t15-/m0/s1. The average molecular weight is 363 g/mol. The van der Waals surface area contributed by atoms with E-state index in [9.17, 15) is 4.79 Å². The smallest absolute Gasteiger partial charge is 0.275 e. The summed E-state index contributed by atoms with van der Waals surface area (Å²) in [6.45, 7) is 2.01. The van der Waals surface area contributed by atoms with E-state index in [0.717, 1.165) is 17.7 Å². The molecule has 24 heavy (non-hydrogen) atoms. The van der Waals surface area contributed by atoms with Crippen LogP contribution in [0.4, 0.5) is 5.69 Å². The van der Waals surface area contributed by atoms with E-state index in [0.29, 0.717) is 10.9 Å². The molecule has 1 aliphatic heterocycles. The van der Waals surface area contributed by atoms with Crippen LogP contribution < -0.4 is 11.1 Å². The molecule has 0 saturated heterocycles. The van der Waals surface area contributed by atoms with E-state index in [1.165, 1.54) is 24.2 Å². The van der Waals surface area contributed by atoms with E-state index in [1.54, 1.807) is 12.4 Å². The second-order valence-corrected chi connectivity index (χ2v) is 6.97. The molecule has 7 nitrogen and oxygen atoms in total. The van der Waals surface area contributed by atoms with Gasteiger partial charge in [-0.1, -0.05) is 23.4 Å². The molecule has 0 fully saturated rings. The molecule has 0 aliphatic carbocycles. The summed E-state index contributed by atoms with van der Waals surface area (Å²) in [5.74, 6) is 0.508. The molecule has 1 aliphatic rings. The zero-order chi connectivity index (χ0) is 17.2. The Bertz CT molecular complexity index is 797. The molecule has 1 amide bonds. The third kappa shape index (κ3) is 3.65. The number of rotatable bonds is 3. The number of hydrogen-bond acceptors (Lipinski definition) is 7. The highest BCUT2D eigenvalue weighted by Crippen LogP contribution is 2.35. The van der Waals surface area contributed by atoms with Gasteiger partial charge in [0.2, 0.25) is 0 Å². The lowest BCUT2D eigenvalue weighted by atomic mass is 9.91. The van der Waals surface area contributed by atoms with Crippen molar-refractivity contribution in [1.29, 1.82) is 0 Å². The molecule has 0 saturated carbocycles. The Balaban J connectivity index is 1.82. The van der Waals surface area contributed by atoms with Crippen LogP contribution >= 0.6 is 23.4 Å². The molecule has 124 valence electrons. The molecule has 0 radical (unpaired) electrons. The summed E-state index contributed by atoms with van der Waals surface area (Å²) in [7, 11) is 0. The van der Waals surface area contributed by atoms with E-state index >= 15 is 0 Å². The molecular weight excluding hydrogens is 348 g/mol. The van der Waals surface area contributed by atoms with E-state index in [2.05, 4.69) is 25.3 Å². The number of carbonyl (C=O) groups excluding carboxylic acids is 1. The summed E-state index contributed by atoms with van der Waals surface area (Å²) >= 11 is 7.21. The number of nitrogens with zero attached hydrogens (tertiary/aromatic N) is 4. The van der Waals surface area contributed by atoms with Crippen molar-refractivity contribution in [3.05, 3.63) is 47.3 Å². The number of halogens is 1. The van der Waals surface area contributed by atoms with Crippen molar-refractivity contribution < 1.29 is 4.79 Å². The van der Waals surface area contributed by atoms with E-state index < -0.39 is 5.54 Å². The van der Waals surface area contributed by atoms with Gasteiger partial charge in [-0.3, -0.25) is 14.8 Å². The number of thioether (sulfide) groups is 1. The fourth-order valence-electron chi connectivity index (χ4n) is 2.32. The number of pyridine rings is 1. The van der Waals surface area contributed by atoms with Crippen LogP contribution in [0.2, 0.25) is 5.15 Å². The minimum absolute atomic E-state index is 0.173. The molecular formula is C15H15ClN6OS. The first-order valence-corrected chi connectivity index (χ1v) is 8.55. The molecule has 2 aromatic heterocycles. The van der Waals surface area contributed by atoms with Crippen LogP contribution in [-0.4, -0.2) is 31.8 Å². The van der Waals surface area contributed by atoms with Gasteiger partial charge in [0.05, 0.1) is 29.8 Å². The lowest BCUT2D eigenvalue weighted by Gasteiger charge is -2.29. The van der Waals surface area contributed by atoms with Crippen LogP contribution in [-0.2, 0) is 5.54 Å². The van der Waals surface area contributed by atoms with Crippen LogP contribution in [0.25, 0.3) is 0 Å². The van der Waals surface area contributed by atoms with Crippen LogP contribution in [0.5, 0.6) is 0 Å². The molecule has 0 unspecified atom stereocenters. The number of nitrogens with two attached hydrogens (primary N) is 1. The van der Waals surface area contributed by atoms with Crippen molar-refractivity contribution in [3.63, 3.8) is 0 Å². The molecule has 0 spiro atoms. The van der Waals surface area contributed by atoms with Gasteiger partial charge in [-0.2, -0.15) is 0 Å². The summed E-state index contributed by atoms with van der Waals surface area (Å²) in [6, 6.07) is 1.85. The second-order valence-electron chi connectivity index (χ2n) is 5.46. The maximum absolute atomic E-state index is 12.2. The average Bonchev–Trinajstić information content (AvgIpc) is 2.55. The summed E-state index contributed by atoms with van der Waals surface area (Å²) in [5, 5.41) is 3.55. The summed E-state index contributed by atoms with van der Waals surface area (Å²) < 4.78 is 0. The van der Waals surface area contributed by atoms with Crippen molar-refractivity contribution in [3.8, 4) is 0 Å². The van der Waals surface area contributed by atoms with Gasteiger partial charge in [0.1, 0.15) is 10.8 Å². The fourth-order valence-corrected chi connectivity index (χ4v) is 3.39. The Morgan fingerprint density at radius 3 is 2.88 bits per heavy atom. The third-order valence-electron chi connectivity index (χ3n) is 3.67. The van der Waals surface area contributed by atoms with Crippen LogP contribution in [0.1, 0.15) is 29.4 Å². The Labute approximate surface area is 148 Å². The SMILES string of the molecule is C[C@@]1(c2cncc(NC(=O)c3cnc(Cl)cn3)c2)CCSC(N)=N1. The summed E-state index contributed by atoms with van der Waals surface area (Å²) in [6.07, 6.45) is 6.80. The largest absolute Gasteiger partial charge is 0.379 e. The van der Waals surface area contributed by atoms with Gasteiger partial charge in [-0.25, -0.2) is 9.97 Å². The Hall–Kier alpha value is -2.19. The first-order valence-electron chi connectivity index (χ1n) is 7.19. The molecule has 3 N–H and O–H groups in total. The first-order chi connectivity index (χ1) is 11.5. The highest BCUT2D eigenvalue weighted by atomic mass is 35.5. The van der Waals surface area contributed by atoms with Crippen molar-refractivity contribution in [2.75, 3.05) is 11.1 Å². The molecule has 0 aromatic carbocycles. The summed E-state index contributed by atoms with van der Waals surface area (Å²) in [4.78, 5) is 28.7. The van der Waals surface area contributed by atoms with E-state index in [1.807, 2.05) is 13.0 Å². The molecule has 1 atom stereocenters. The number of hydrogen-bond donors (Lipinski definition) is 2. The highest BCUT2D eigenvalue weighted by Gasteiger charge is 2.30. The van der Waals surface area contributed by atoms with Crippen molar-refractivity contribution in [1.82, 2.24) is 15.0 Å². The topological polar surface area (TPSA) is 106 Å². The monoisotopic (exact) mass is 362 g/mol. The Morgan fingerprint density at radius 2 is 2.17 bits per heavy atom. The molecule has 0 bridgehead atoms. The number of aliphatic imine (C=N–C) groups is 1. The van der Waals surface area contributed by atoms with Crippen molar-refractivity contribution >= 4 is 40.1 Å². The fraction of sp³-hybridized carbons (Fsp3) is 0.267. The molecule has 3 rings (SSSR count). The van der Waals surface area contributed by atoms with Gasteiger partial charge in [-0.05, 0) is 25.0 Å². The minimum Gasteiger partial charge on any atom is -0.379 e. The van der Waals surface area contributed by atoms with Gasteiger partial charge in [0.25, 0.3) is 5.91 Å². The molecule has 2 aromatic rings. The van der Waals surface area contributed by atoms with Gasteiger partial charge in [-0.15, -0.1) is 0 Å². The molecule has 3 heterocycles. The van der Waals surface area contributed by atoms with Gasteiger partial charge < -0.3 is 11.1 Å². The number of nitrogens with one attached hydrogen (secondary N) is 1. The van der Waals surface area contributed by atoms with Gasteiger partial charge in [0, 0.05) is 11.9 Å². The van der Waals surface area contributed by atoms with Crippen LogP contribution in [0.15, 0.2) is 35.8 Å². The van der Waals surface area contributed by atoms with Crippen molar-refractivity contribution in [2.45, 2.75) is 18.9 Å². The van der Waals surface area contributed by atoms with Gasteiger partial charge in [0.15, 0.2) is 5.17 Å². The maximum Gasteiger partial charge on any atom is 0.275 e. The Morgan fingerprint density at radius 1 is 1.33 bits per heavy atom. The number of amidine groups is 1. The zero-order valence-electron chi connectivity index (χ0n) is 12.9. The predicted molar refractivity (Wildman–Crippen MR) is 95.3 cm³/mol. The van der Waals surface area contributed by atoms with Crippen LogP contribution in [0.3, 0.4) is 0 Å². The van der Waals surface area contributed by atoms with E-state index in [4.69, 9.17) is 17.3 Å². The van der Waals surface area contributed by atoms with Crippen LogP contribution in [0, 0.1) is 0 Å². The highest BCUT2D eigenvalue weighted by molar-refractivity contribution is 8.13. The molecule has 9 heteroatoms. The third-order valence-corrected chi connectivity index (χ3v) is 4.66. The maximum atomic E-state index is 12.2. The number of aromatic nitrogens is 3. The summed E-state index contributed by atoms with van der Waals surface area (Å²) in [5.41, 5.74) is 7.04. The second kappa shape index (κ2) is 6.74. The number of carbonyl (C=O) groups is 1.